The number of amides is 1. The van der Waals surface area contributed by atoms with Gasteiger partial charge in [-0.3, -0.25) is 9.48 Å². The Morgan fingerprint density at radius 2 is 2.04 bits per heavy atom. The van der Waals surface area contributed by atoms with Gasteiger partial charge in [0.25, 0.3) is 5.91 Å². The molecule has 128 valence electrons. The van der Waals surface area contributed by atoms with Crippen molar-refractivity contribution in [2.45, 2.75) is 38.8 Å². The molecule has 0 unspecified atom stereocenters. The lowest BCUT2D eigenvalue weighted by molar-refractivity contribution is 0.0642. The molecule has 1 aliphatic heterocycles. The van der Waals surface area contributed by atoms with Crippen molar-refractivity contribution < 1.29 is 4.79 Å². The fourth-order valence-corrected chi connectivity index (χ4v) is 3.31. The molecule has 0 radical (unpaired) electrons. The molecule has 0 spiro atoms. The molecule has 1 fully saturated rings. The van der Waals surface area contributed by atoms with E-state index in [0.29, 0.717) is 18.2 Å². The van der Waals surface area contributed by atoms with Crippen LogP contribution in [0.1, 0.15) is 42.1 Å². The summed E-state index contributed by atoms with van der Waals surface area (Å²) in [6.07, 6.45) is 6.62. The van der Waals surface area contributed by atoms with Crippen molar-refractivity contribution in [2.24, 2.45) is 0 Å². The molecule has 1 saturated heterocycles. The molecule has 5 heteroatoms. The van der Waals surface area contributed by atoms with Gasteiger partial charge in [-0.25, -0.2) is 0 Å². The predicted molar refractivity (Wildman–Crippen MR) is 95.0 cm³/mol. The van der Waals surface area contributed by atoms with Crippen LogP contribution in [0.2, 0.25) is 0 Å². The maximum Gasteiger partial charge on any atom is 0.257 e. The van der Waals surface area contributed by atoms with E-state index in [2.05, 4.69) is 29.5 Å². The highest BCUT2D eigenvalue weighted by atomic mass is 16.2. The number of nitrogens with one attached hydrogen (secondary N) is 1. The summed E-state index contributed by atoms with van der Waals surface area (Å²) < 4.78 is 1.84. The summed E-state index contributed by atoms with van der Waals surface area (Å²) in [5.41, 5.74) is 1.88. The summed E-state index contributed by atoms with van der Waals surface area (Å²) in [7, 11) is 0. The standard InChI is InChI=1S/C19H26N4O/c1-2-12-23(18-8-10-20-11-9-18)19(24)17-13-21-22(15-17)14-16-6-4-3-5-7-16/h3-7,13,15,18,20H,2,8-12,14H2,1H3. The third-order valence-corrected chi connectivity index (χ3v) is 4.54. The summed E-state index contributed by atoms with van der Waals surface area (Å²) in [4.78, 5) is 15.0. The van der Waals surface area contributed by atoms with E-state index in [9.17, 15) is 4.79 Å². The fraction of sp³-hybridized carbons (Fsp3) is 0.474. The Bertz CT molecular complexity index is 646. The predicted octanol–water partition coefficient (Wildman–Crippen LogP) is 2.54. The number of nitrogens with zero attached hydrogens (tertiary/aromatic N) is 3. The van der Waals surface area contributed by atoms with Crippen molar-refractivity contribution in [3.63, 3.8) is 0 Å². The van der Waals surface area contributed by atoms with Crippen LogP contribution in [0.3, 0.4) is 0 Å². The highest BCUT2D eigenvalue weighted by Gasteiger charge is 2.26. The van der Waals surface area contributed by atoms with E-state index in [4.69, 9.17) is 0 Å². The topological polar surface area (TPSA) is 50.2 Å². The van der Waals surface area contributed by atoms with Crippen LogP contribution >= 0.6 is 0 Å². The average Bonchev–Trinajstić information content (AvgIpc) is 3.09. The first-order chi connectivity index (χ1) is 11.8. The smallest absolute Gasteiger partial charge is 0.257 e. The Balaban J connectivity index is 1.70. The molecule has 3 rings (SSSR count). The van der Waals surface area contributed by atoms with Crippen LogP contribution in [-0.4, -0.2) is 46.3 Å². The lowest BCUT2D eigenvalue weighted by atomic mass is 10.0. The third kappa shape index (κ3) is 4.03. The van der Waals surface area contributed by atoms with Crippen molar-refractivity contribution in [2.75, 3.05) is 19.6 Å². The number of piperidine rings is 1. The van der Waals surface area contributed by atoms with Gasteiger partial charge in [0, 0.05) is 18.8 Å². The van der Waals surface area contributed by atoms with Crippen LogP contribution in [0, 0.1) is 0 Å². The average molecular weight is 326 g/mol. The molecule has 1 aliphatic rings. The minimum Gasteiger partial charge on any atom is -0.335 e. The fourth-order valence-electron chi connectivity index (χ4n) is 3.31. The molecular weight excluding hydrogens is 300 g/mol. The monoisotopic (exact) mass is 326 g/mol. The maximum absolute atomic E-state index is 13.0. The highest BCUT2D eigenvalue weighted by molar-refractivity contribution is 5.94. The molecule has 2 aromatic rings. The van der Waals surface area contributed by atoms with E-state index in [1.165, 1.54) is 5.56 Å². The van der Waals surface area contributed by atoms with Gasteiger partial charge in [0.2, 0.25) is 0 Å². The summed E-state index contributed by atoms with van der Waals surface area (Å²) in [6.45, 7) is 5.61. The molecule has 0 bridgehead atoms. The van der Waals surface area contributed by atoms with Crippen molar-refractivity contribution in [1.82, 2.24) is 20.0 Å². The Morgan fingerprint density at radius 3 is 2.75 bits per heavy atom. The molecule has 1 aromatic heterocycles. The van der Waals surface area contributed by atoms with Gasteiger partial charge >= 0.3 is 0 Å². The largest absolute Gasteiger partial charge is 0.335 e. The first kappa shape index (κ1) is 16.7. The highest BCUT2D eigenvalue weighted by Crippen LogP contribution is 2.16. The van der Waals surface area contributed by atoms with Crippen molar-refractivity contribution in [3.8, 4) is 0 Å². The van der Waals surface area contributed by atoms with Gasteiger partial charge in [0.1, 0.15) is 0 Å². The minimum atomic E-state index is 0.114. The molecule has 2 heterocycles. The summed E-state index contributed by atoms with van der Waals surface area (Å²) >= 11 is 0. The number of carbonyl (C=O) groups is 1. The second-order valence-electron chi connectivity index (χ2n) is 6.39. The molecule has 0 aliphatic carbocycles. The lowest BCUT2D eigenvalue weighted by Gasteiger charge is -2.34. The maximum atomic E-state index is 13.0. The summed E-state index contributed by atoms with van der Waals surface area (Å²) in [5, 5.41) is 7.74. The second kappa shape index (κ2) is 8.11. The van der Waals surface area contributed by atoms with Crippen LogP contribution in [-0.2, 0) is 6.54 Å². The van der Waals surface area contributed by atoms with Crippen molar-refractivity contribution in [1.29, 1.82) is 0 Å². The van der Waals surface area contributed by atoms with Gasteiger partial charge in [0.15, 0.2) is 0 Å². The SMILES string of the molecule is CCCN(C(=O)c1cnn(Cc2ccccc2)c1)C1CCNCC1. The zero-order valence-corrected chi connectivity index (χ0v) is 14.3. The zero-order chi connectivity index (χ0) is 16.8. The number of aromatic nitrogens is 2. The van der Waals surface area contributed by atoms with Crippen LogP contribution in [0.25, 0.3) is 0 Å². The van der Waals surface area contributed by atoms with Crippen LogP contribution < -0.4 is 5.32 Å². The molecule has 24 heavy (non-hydrogen) atoms. The molecular formula is C19H26N4O. The summed E-state index contributed by atoms with van der Waals surface area (Å²) in [5.74, 6) is 0.114. The van der Waals surface area contributed by atoms with Crippen LogP contribution in [0.15, 0.2) is 42.7 Å². The van der Waals surface area contributed by atoms with Gasteiger partial charge in [0.05, 0.1) is 18.3 Å². The van der Waals surface area contributed by atoms with Gasteiger partial charge in [-0.15, -0.1) is 0 Å². The second-order valence-corrected chi connectivity index (χ2v) is 6.39. The number of hydrogen-bond donors (Lipinski definition) is 1. The Hall–Kier alpha value is -2.14. The first-order valence-electron chi connectivity index (χ1n) is 8.86. The van der Waals surface area contributed by atoms with Crippen molar-refractivity contribution >= 4 is 5.91 Å². The molecule has 0 saturated carbocycles. The van der Waals surface area contributed by atoms with Crippen LogP contribution in [0.5, 0.6) is 0 Å². The Morgan fingerprint density at radius 1 is 1.29 bits per heavy atom. The number of hydrogen-bond acceptors (Lipinski definition) is 3. The van der Waals surface area contributed by atoms with E-state index >= 15 is 0 Å². The Kier molecular flexibility index (Phi) is 5.64. The van der Waals surface area contributed by atoms with E-state index in [1.54, 1.807) is 6.20 Å². The normalized spacial score (nSPS) is 15.4. The van der Waals surface area contributed by atoms with Crippen LogP contribution in [0.4, 0.5) is 0 Å². The molecule has 0 atom stereocenters. The van der Waals surface area contributed by atoms with E-state index in [1.807, 2.05) is 34.0 Å². The molecule has 1 N–H and O–H groups in total. The number of carbonyl (C=O) groups excluding carboxylic acids is 1. The van der Waals surface area contributed by atoms with E-state index in [-0.39, 0.29) is 5.91 Å². The number of benzene rings is 1. The minimum absolute atomic E-state index is 0.114. The van der Waals surface area contributed by atoms with E-state index in [0.717, 1.165) is 38.9 Å². The Labute approximate surface area is 143 Å². The molecule has 1 amide bonds. The van der Waals surface area contributed by atoms with Gasteiger partial charge in [-0.2, -0.15) is 5.10 Å². The van der Waals surface area contributed by atoms with Gasteiger partial charge < -0.3 is 10.2 Å². The van der Waals surface area contributed by atoms with Crippen molar-refractivity contribution in [3.05, 3.63) is 53.9 Å². The molecule has 5 nitrogen and oxygen atoms in total. The summed E-state index contributed by atoms with van der Waals surface area (Å²) in [6, 6.07) is 10.5. The number of rotatable bonds is 6. The van der Waals surface area contributed by atoms with Gasteiger partial charge in [-0.1, -0.05) is 37.3 Å². The quantitative estimate of drug-likeness (QED) is 0.887. The van der Waals surface area contributed by atoms with Gasteiger partial charge in [-0.05, 0) is 37.9 Å². The zero-order valence-electron chi connectivity index (χ0n) is 14.3. The van der Waals surface area contributed by atoms with E-state index < -0.39 is 0 Å². The molecule has 1 aromatic carbocycles. The first-order valence-corrected chi connectivity index (χ1v) is 8.86. The lowest BCUT2D eigenvalue weighted by Crippen LogP contribution is -2.46. The third-order valence-electron chi connectivity index (χ3n) is 4.54.